The molecule has 1 aromatic heterocycles. The molecule has 0 N–H and O–H groups in total. The highest BCUT2D eigenvalue weighted by atomic mass is 35.7. The largest absolute Gasteiger partial charge is 0.384 e. The lowest BCUT2D eigenvalue weighted by atomic mass is 10.1. The molecule has 0 aromatic carbocycles. The molecule has 0 bridgehead atoms. The van der Waals surface area contributed by atoms with Gasteiger partial charge in [-0.1, -0.05) is 0 Å². The minimum atomic E-state index is -3.80. The van der Waals surface area contributed by atoms with Crippen molar-refractivity contribution in [3.63, 3.8) is 0 Å². The van der Waals surface area contributed by atoms with Crippen molar-refractivity contribution in [3.05, 3.63) is 15.8 Å². The molecule has 8 heteroatoms. The van der Waals surface area contributed by atoms with Crippen LogP contribution in [0.15, 0.2) is 11.0 Å². The number of carbonyl (C=O) groups excluding carboxylic acids is 1. The van der Waals surface area contributed by atoms with Crippen LogP contribution in [0.4, 0.5) is 0 Å². The fourth-order valence-electron chi connectivity index (χ4n) is 2.36. The lowest BCUT2D eigenvalue weighted by Gasteiger charge is -2.15. The van der Waals surface area contributed by atoms with Crippen LogP contribution in [0.5, 0.6) is 0 Å². The smallest absolute Gasteiger partial charge is 0.263 e. The third kappa shape index (κ3) is 3.33. The summed E-state index contributed by atoms with van der Waals surface area (Å²) in [5.41, 5.74) is 0. The van der Waals surface area contributed by atoms with Crippen LogP contribution in [-0.2, 0) is 13.8 Å². The zero-order valence-corrected chi connectivity index (χ0v) is 13.6. The van der Waals surface area contributed by atoms with Crippen LogP contribution in [-0.4, -0.2) is 46.0 Å². The van der Waals surface area contributed by atoms with Crippen molar-refractivity contribution in [3.8, 4) is 0 Å². The average molecular weight is 338 g/mol. The van der Waals surface area contributed by atoms with Gasteiger partial charge in [-0.3, -0.25) is 4.79 Å². The van der Waals surface area contributed by atoms with Crippen LogP contribution in [0, 0.1) is 12.8 Å². The van der Waals surface area contributed by atoms with Crippen molar-refractivity contribution in [2.24, 2.45) is 5.92 Å². The average Bonchev–Trinajstić information content (AvgIpc) is 2.94. The number of likely N-dealkylation sites (tertiary alicyclic amines) is 1. The maximum atomic E-state index is 12.3. The van der Waals surface area contributed by atoms with E-state index in [0.717, 1.165) is 17.8 Å². The molecule has 0 spiro atoms. The molecule has 1 unspecified atom stereocenters. The van der Waals surface area contributed by atoms with Gasteiger partial charge in [0, 0.05) is 41.7 Å². The van der Waals surface area contributed by atoms with Gasteiger partial charge in [-0.25, -0.2) is 8.42 Å². The van der Waals surface area contributed by atoms with Gasteiger partial charge in [0.05, 0.1) is 16.4 Å². The van der Waals surface area contributed by atoms with E-state index < -0.39 is 9.05 Å². The first-order valence-corrected chi connectivity index (χ1v) is 9.29. The highest BCUT2D eigenvalue weighted by Crippen LogP contribution is 2.30. The first kappa shape index (κ1) is 15.8. The Morgan fingerprint density at radius 1 is 1.60 bits per heavy atom. The van der Waals surface area contributed by atoms with Crippen molar-refractivity contribution in [2.75, 3.05) is 26.8 Å². The lowest BCUT2D eigenvalue weighted by Crippen LogP contribution is -2.28. The Bertz CT molecular complexity index is 611. The summed E-state index contributed by atoms with van der Waals surface area (Å²) in [4.78, 5) is 15.1. The second-order valence-electron chi connectivity index (χ2n) is 4.83. The summed E-state index contributed by atoms with van der Waals surface area (Å²) in [6.07, 6.45) is 0.907. The van der Waals surface area contributed by atoms with Crippen LogP contribution in [0.3, 0.4) is 0 Å². The van der Waals surface area contributed by atoms with E-state index in [1.807, 2.05) is 0 Å². The normalized spacial score (nSPS) is 19.6. The number of ether oxygens (including phenoxy) is 1. The van der Waals surface area contributed by atoms with Gasteiger partial charge in [-0.2, -0.15) is 0 Å². The standard InChI is InChI=1S/C12H16ClNO4S2/c1-8-11(20(13,16)17)5-10(19-8)12(15)14-4-3-9(6-14)7-18-2/h5,9H,3-4,6-7H2,1-2H3. The molecule has 1 aliphatic heterocycles. The van der Waals surface area contributed by atoms with E-state index in [-0.39, 0.29) is 10.8 Å². The minimum Gasteiger partial charge on any atom is -0.384 e. The van der Waals surface area contributed by atoms with Crippen molar-refractivity contribution in [1.82, 2.24) is 4.90 Å². The monoisotopic (exact) mass is 337 g/mol. The quantitative estimate of drug-likeness (QED) is 0.789. The van der Waals surface area contributed by atoms with Crippen molar-refractivity contribution in [1.29, 1.82) is 0 Å². The van der Waals surface area contributed by atoms with Crippen molar-refractivity contribution >= 4 is 37.0 Å². The molecule has 2 heterocycles. The molecule has 1 amide bonds. The molecular weight excluding hydrogens is 322 g/mol. The molecule has 1 saturated heterocycles. The number of halogens is 1. The second-order valence-corrected chi connectivity index (χ2v) is 8.62. The SMILES string of the molecule is COCC1CCN(C(=O)c2cc(S(=O)(=O)Cl)c(C)s2)C1. The van der Waals surface area contributed by atoms with E-state index >= 15 is 0 Å². The predicted molar refractivity (Wildman–Crippen MR) is 78.0 cm³/mol. The van der Waals surface area contributed by atoms with E-state index in [9.17, 15) is 13.2 Å². The summed E-state index contributed by atoms with van der Waals surface area (Å²) in [6, 6.07) is 1.37. The lowest BCUT2D eigenvalue weighted by molar-refractivity contribution is 0.0780. The summed E-state index contributed by atoms with van der Waals surface area (Å²) >= 11 is 1.16. The summed E-state index contributed by atoms with van der Waals surface area (Å²) in [6.45, 7) is 3.60. The highest BCUT2D eigenvalue weighted by Gasteiger charge is 2.29. The fourth-order valence-corrected chi connectivity index (χ4v) is 4.99. The Kier molecular flexibility index (Phi) is 4.73. The summed E-state index contributed by atoms with van der Waals surface area (Å²) in [5.74, 6) is 0.213. The molecule has 1 fully saturated rings. The number of carbonyl (C=O) groups is 1. The highest BCUT2D eigenvalue weighted by molar-refractivity contribution is 8.13. The maximum absolute atomic E-state index is 12.3. The van der Waals surface area contributed by atoms with E-state index in [1.165, 1.54) is 6.07 Å². The number of hydrogen-bond donors (Lipinski definition) is 0. The number of methoxy groups -OCH3 is 1. The Morgan fingerprint density at radius 3 is 2.85 bits per heavy atom. The minimum absolute atomic E-state index is 0.0279. The molecular formula is C12H16ClNO4S2. The van der Waals surface area contributed by atoms with Gasteiger partial charge in [0.25, 0.3) is 15.0 Å². The van der Waals surface area contributed by atoms with Gasteiger partial charge in [0.2, 0.25) is 0 Å². The Labute approximate surface area is 126 Å². The molecule has 1 aliphatic rings. The van der Waals surface area contributed by atoms with Crippen LogP contribution >= 0.6 is 22.0 Å². The van der Waals surface area contributed by atoms with Gasteiger partial charge in [0.15, 0.2) is 0 Å². The van der Waals surface area contributed by atoms with E-state index in [0.29, 0.717) is 35.4 Å². The Hall–Kier alpha value is -0.630. The molecule has 0 saturated carbocycles. The fraction of sp³-hybridized carbons (Fsp3) is 0.583. The summed E-state index contributed by atoms with van der Waals surface area (Å²) in [7, 11) is 3.19. The number of rotatable bonds is 4. The maximum Gasteiger partial charge on any atom is 0.263 e. The molecule has 0 aliphatic carbocycles. The zero-order valence-electron chi connectivity index (χ0n) is 11.3. The Morgan fingerprint density at radius 2 is 2.30 bits per heavy atom. The molecule has 0 radical (unpaired) electrons. The van der Waals surface area contributed by atoms with Crippen molar-refractivity contribution in [2.45, 2.75) is 18.2 Å². The first-order valence-electron chi connectivity index (χ1n) is 6.16. The van der Waals surface area contributed by atoms with E-state index in [4.69, 9.17) is 15.4 Å². The van der Waals surface area contributed by atoms with Gasteiger partial charge >= 0.3 is 0 Å². The van der Waals surface area contributed by atoms with Gasteiger partial charge < -0.3 is 9.64 Å². The van der Waals surface area contributed by atoms with Crippen LogP contribution in [0.25, 0.3) is 0 Å². The van der Waals surface area contributed by atoms with Gasteiger partial charge in [0.1, 0.15) is 0 Å². The van der Waals surface area contributed by atoms with Crippen molar-refractivity contribution < 1.29 is 17.9 Å². The topological polar surface area (TPSA) is 63.7 Å². The third-order valence-electron chi connectivity index (χ3n) is 3.32. The molecule has 1 aromatic rings. The number of nitrogens with zero attached hydrogens (tertiary/aromatic N) is 1. The first-order chi connectivity index (χ1) is 9.32. The van der Waals surface area contributed by atoms with E-state index in [1.54, 1.807) is 18.9 Å². The number of hydrogen-bond acceptors (Lipinski definition) is 5. The molecule has 1 atom stereocenters. The zero-order chi connectivity index (χ0) is 14.9. The molecule has 112 valence electrons. The van der Waals surface area contributed by atoms with E-state index in [2.05, 4.69) is 0 Å². The predicted octanol–water partition coefficient (Wildman–Crippen LogP) is 2.09. The van der Waals surface area contributed by atoms with Gasteiger partial charge in [-0.15, -0.1) is 11.3 Å². The van der Waals surface area contributed by atoms with Crippen LogP contribution in [0.1, 0.15) is 21.0 Å². The second kappa shape index (κ2) is 6.01. The third-order valence-corrected chi connectivity index (χ3v) is 5.94. The van der Waals surface area contributed by atoms with Gasteiger partial charge in [-0.05, 0) is 19.4 Å². The Balaban J connectivity index is 2.15. The molecule has 2 rings (SSSR count). The summed E-state index contributed by atoms with van der Waals surface area (Å²) in [5, 5.41) is 0. The molecule has 5 nitrogen and oxygen atoms in total. The number of amides is 1. The molecule has 20 heavy (non-hydrogen) atoms. The summed E-state index contributed by atoms with van der Waals surface area (Å²) < 4.78 is 27.9. The van der Waals surface area contributed by atoms with Crippen LogP contribution in [0.2, 0.25) is 0 Å². The number of aryl methyl sites for hydroxylation is 1. The number of thiophene rings is 1. The van der Waals surface area contributed by atoms with Crippen LogP contribution < -0.4 is 0 Å².